The van der Waals surface area contributed by atoms with Crippen molar-refractivity contribution >= 4 is 34.8 Å². The van der Waals surface area contributed by atoms with Gasteiger partial charge >= 0.3 is 0 Å². The number of aliphatic hydroxyl groups is 3. The molecule has 1 aromatic carbocycles. The average molecular weight is 557 g/mol. The van der Waals surface area contributed by atoms with Crippen molar-refractivity contribution < 1.29 is 34.8 Å². The smallest absolute Gasteiger partial charge is 0.255 e. The van der Waals surface area contributed by atoms with Crippen LogP contribution in [0.5, 0.6) is 5.75 Å². The van der Waals surface area contributed by atoms with Gasteiger partial charge in [0, 0.05) is 21.9 Å². The van der Waals surface area contributed by atoms with E-state index in [1.165, 1.54) is 11.0 Å². The molecule has 2 saturated carbocycles. The quantitative estimate of drug-likeness (QED) is 0.354. The number of phenolic OH excluding ortho intramolecular Hbond substituents is 1. The second-order valence-corrected chi connectivity index (χ2v) is 12.0. The fraction of sp³-hybridized carbons (Fsp3) is 0.483. The molecule has 10 heteroatoms. The third-order valence-electron chi connectivity index (χ3n) is 9.35. The number of nitrogens with two attached hydrogens (primary N) is 1. The number of amides is 1. The number of phenols is 1. The number of carbonyl (C=O) groups excluding carboxylic acids is 3. The number of primary amides is 1. The van der Waals surface area contributed by atoms with Crippen molar-refractivity contribution in [2.75, 3.05) is 14.1 Å². The number of fused-ring (bicyclic) bond motifs is 3. The lowest BCUT2D eigenvalue weighted by Crippen LogP contribution is -2.65. The number of nitrogens with zero attached hydrogens (tertiary/aromatic N) is 1. The number of carbonyl (C=O) groups is 3. The highest BCUT2D eigenvalue weighted by Crippen LogP contribution is 2.55. The Labute approximate surface area is 231 Å². The first-order valence-corrected chi connectivity index (χ1v) is 13.5. The largest absolute Gasteiger partial charge is 0.508 e. The molecule has 2 fully saturated rings. The zero-order valence-electron chi connectivity index (χ0n) is 22.0. The number of rotatable bonds is 4. The Morgan fingerprint density at radius 2 is 1.77 bits per heavy atom. The monoisotopic (exact) mass is 556 g/mol. The molecular formula is C29H33ClN2O7. The average Bonchev–Trinajstić information content (AvgIpc) is 2.86. The topological polar surface area (TPSA) is 161 Å². The van der Waals surface area contributed by atoms with Crippen molar-refractivity contribution in [3.8, 4) is 5.75 Å². The second kappa shape index (κ2) is 9.21. The van der Waals surface area contributed by atoms with Crippen molar-refractivity contribution in [3.63, 3.8) is 0 Å². The molecule has 4 aliphatic carbocycles. The highest BCUT2D eigenvalue weighted by Gasteiger charge is 2.64. The Morgan fingerprint density at radius 1 is 1.13 bits per heavy atom. The van der Waals surface area contributed by atoms with Crippen LogP contribution in [0, 0.1) is 11.8 Å². The molecule has 0 aliphatic heterocycles. The van der Waals surface area contributed by atoms with Gasteiger partial charge in [-0.3, -0.25) is 19.3 Å². The van der Waals surface area contributed by atoms with Gasteiger partial charge in [-0.05, 0) is 62.9 Å². The summed E-state index contributed by atoms with van der Waals surface area (Å²) in [5.41, 5.74) is 2.69. The van der Waals surface area contributed by atoms with E-state index in [1.807, 2.05) is 0 Å². The highest BCUT2D eigenvalue weighted by molar-refractivity contribution is 6.30. The minimum Gasteiger partial charge on any atom is -0.508 e. The second-order valence-electron chi connectivity index (χ2n) is 11.5. The number of ketones is 2. The molecule has 0 aromatic heterocycles. The van der Waals surface area contributed by atoms with E-state index in [1.54, 1.807) is 20.2 Å². The third kappa shape index (κ3) is 3.63. The number of aliphatic hydroxyl groups excluding tert-OH is 2. The lowest BCUT2D eigenvalue weighted by Gasteiger charge is -2.50. The van der Waals surface area contributed by atoms with Crippen LogP contribution in [0.1, 0.15) is 55.2 Å². The maximum atomic E-state index is 14.0. The van der Waals surface area contributed by atoms with Crippen LogP contribution in [-0.4, -0.2) is 68.5 Å². The molecule has 6 N–H and O–H groups in total. The van der Waals surface area contributed by atoms with Crippen LogP contribution < -0.4 is 5.73 Å². The summed E-state index contributed by atoms with van der Waals surface area (Å²) in [7, 11) is 3.14. The van der Waals surface area contributed by atoms with Crippen LogP contribution in [-0.2, 0) is 26.2 Å². The van der Waals surface area contributed by atoms with E-state index in [-0.39, 0.29) is 29.7 Å². The van der Waals surface area contributed by atoms with Gasteiger partial charge in [-0.25, -0.2) is 0 Å². The molecule has 0 saturated heterocycles. The SMILES string of the molecule is C=C(Cl)C1(c2ccc(O)c3c2CC2CC4[C@H](N(C)C)C(=O)C(C(N)=O)=C(O)[C@@]4(O)C(=O)C2=C3O)CCCCC1. The van der Waals surface area contributed by atoms with Crippen LogP contribution in [0.4, 0.5) is 0 Å². The molecule has 0 heterocycles. The molecule has 1 amide bonds. The van der Waals surface area contributed by atoms with E-state index >= 15 is 0 Å². The number of benzene rings is 1. The Balaban J connectivity index is 1.74. The molecule has 0 spiro atoms. The number of hydrogen-bond donors (Lipinski definition) is 5. The van der Waals surface area contributed by atoms with Gasteiger partial charge in [0.1, 0.15) is 22.8 Å². The summed E-state index contributed by atoms with van der Waals surface area (Å²) in [6.07, 6.45) is 4.70. The predicted molar refractivity (Wildman–Crippen MR) is 144 cm³/mol. The van der Waals surface area contributed by atoms with Gasteiger partial charge in [-0.1, -0.05) is 43.5 Å². The summed E-state index contributed by atoms with van der Waals surface area (Å²) in [6, 6.07) is 2.13. The van der Waals surface area contributed by atoms with Crippen molar-refractivity contribution in [1.82, 2.24) is 4.90 Å². The number of allylic oxidation sites excluding steroid dienone is 1. The van der Waals surface area contributed by atoms with E-state index < -0.39 is 63.5 Å². The summed E-state index contributed by atoms with van der Waals surface area (Å²) >= 11 is 6.63. The maximum absolute atomic E-state index is 14.0. The van der Waals surface area contributed by atoms with Crippen LogP contribution >= 0.6 is 11.6 Å². The van der Waals surface area contributed by atoms with Gasteiger partial charge < -0.3 is 26.2 Å². The zero-order chi connectivity index (χ0) is 28.6. The molecule has 5 rings (SSSR count). The summed E-state index contributed by atoms with van der Waals surface area (Å²) in [5, 5.41) is 45.6. The van der Waals surface area contributed by atoms with Gasteiger partial charge in [0.15, 0.2) is 11.4 Å². The third-order valence-corrected chi connectivity index (χ3v) is 9.71. The van der Waals surface area contributed by atoms with Gasteiger partial charge in [-0.15, -0.1) is 0 Å². The van der Waals surface area contributed by atoms with Gasteiger partial charge in [0.05, 0.1) is 11.6 Å². The van der Waals surface area contributed by atoms with Crippen molar-refractivity contribution in [1.29, 1.82) is 0 Å². The normalized spacial score (nSPS) is 30.1. The van der Waals surface area contributed by atoms with E-state index in [9.17, 15) is 34.8 Å². The number of Topliss-reactive ketones (excluding diaryl/α,β-unsaturated/α-hetero) is 2. The van der Waals surface area contributed by atoms with Crippen LogP contribution in [0.25, 0.3) is 5.76 Å². The molecule has 4 atom stereocenters. The molecule has 0 bridgehead atoms. The summed E-state index contributed by atoms with van der Waals surface area (Å²) in [4.78, 5) is 40.9. The predicted octanol–water partition coefficient (Wildman–Crippen LogP) is 2.92. The van der Waals surface area contributed by atoms with Crippen molar-refractivity contribution in [2.24, 2.45) is 17.6 Å². The molecule has 0 radical (unpaired) electrons. The number of aromatic hydroxyl groups is 1. The molecule has 4 aliphatic rings. The Bertz CT molecular complexity index is 1390. The first-order valence-electron chi connectivity index (χ1n) is 13.1. The number of halogens is 1. The van der Waals surface area contributed by atoms with Crippen molar-refractivity contribution in [3.05, 3.63) is 57.3 Å². The van der Waals surface area contributed by atoms with E-state index in [2.05, 4.69) is 6.58 Å². The highest BCUT2D eigenvalue weighted by atomic mass is 35.5. The zero-order valence-corrected chi connectivity index (χ0v) is 22.7. The molecule has 208 valence electrons. The molecule has 39 heavy (non-hydrogen) atoms. The Morgan fingerprint density at radius 3 is 2.33 bits per heavy atom. The van der Waals surface area contributed by atoms with Crippen LogP contribution in [0.2, 0.25) is 0 Å². The van der Waals surface area contributed by atoms with E-state index in [4.69, 9.17) is 17.3 Å². The minimum absolute atomic E-state index is 0.0374. The van der Waals surface area contributed by atoms with Crippen molar-refractivity contribution in [2.45, 2.75) is 62.0 Å². The molecule has 2 unspecified atom stereocenters. The van der Waals surface area contributed by atoms with Crippen LogP contribution in [0.3, 0.4) is 0 Å². The fourth-order valence-electron chi connectivity index (χ4n) is 7.53. The Kier molecular flexibility index (Phi) is 6.48. The van der Waals surface area contributed by atoms with E-state index in [0.717, 1.165) is 37.7 Å². The summed E-state index contributed by atoms with van der Waals surface area (Å²) < 4.78 is 0. The van der Waals surface area contributed by atoms with Gasteiger partial charge in [-0.2, -0.15) is 0 Å². The van der Waals surface area contributed by atoms with Gasteiger partial charge in [0.2, 0.25) is 5.78 Å². The summed E-state index contributed by atoms with van der Waals surface area (Å²) in [5.74, 6) is -6.68. The first-order chi connectivity index (χ1) is 18.3. The van der Waals surface area contributed by atoms with Gasteiger partial charge in [0.25, 0.3) is 5.91 Å². The molecule has 9 nitrogen and oxygen atoms in total. The fourth-order valence-corrected chi connectivity index (χ4v) is 7.83. The number of hydrogen-bond acceptors (Lipinski definition) is 8. The number of likely N-dealkylation sites (N-methyl/N-ethyl adjacent to an activating group) is 1. The minimum atomic E-state index is -2.66. The summed E-state index contributed by atoms with van der Waals surface area (Å²) in [6.45, 7) is 4.07. The lowest BCUT2D eigenvalue weighted by atomic mass is 9.56. The van der Waals surface area contributed by atoms with Crippen LogP contribution in [0.15, 0.2) is 40.6 Å². The van der Waals surface area contributed by atoms with E-state index in [0.29, 0.717) is 10.6 Å². The maximum Gasteiger partial charge on any atom is 0.255 e. The Hall–Kier alpha value is -3.14. The molecule has 1 aromatic rings. The molecular weight excluding hydrogens is 524 g/mol. The lowest BCUT2D eigenvalue weighted by molar-refractivity contribution is -0.153. The standard InChI is InChI=1S/C29H33ClN2O7/c1-13(30)28(9-5-4-6-10-28)16-7-8-18(33)20-15(16)11-14-12-17-22(32(2)3)24(35)21(27(31)38)26(37)29(17,39)25(36)19(14)23(20)34/h7-8,14,17,22,33-34,37,39H,1,4-6,9-12H2,2-3H3,(H2,31,38)/t14?,17?,22-,29-/m0/s1. The first kappa shape index (κ1) is 27.4.